The molecule has 6 nitrogen and oxygen atoms in total. The second kappa shape index (κ2) is 9.46. The van der Waals surface area contributed by atoms with Crippen molar-refractivity contribution in [3.63, 3.8) is 0 Å². The van der Waals surface area contributed by atoms with Gasteiger partial charge in [0.2, 0.25) is 0 Å². The topological polar surface area (TPSA) is 94.9 Å². The highest BCUT2D eigenvalue weighted by molar-refractivity contribution is 6.51. The van der Waals surface area contributed by atoms with E-state index in [0.717, 1.165) is 11.1 Å². The van der Waals surface area contributed by atoms with Crippen molar-refractivity contribution >= 4 is 29.1 Å². The van der Waals surface area contributed by atoms with E-state index in [9.17, 15) is 19.5 Å². The van der Waals surface area contributed by atoms with E-state index in [0.29, 0.717) is 22.4 Å². The lowest BCUT2D eigenvalue weighted by Gasteiger charge is -2.26. The highest BCUT2D eigenvalue weighted by atomic mass is 16.4. The molecule has 0 radical (unpaired) electrons. The first-order valence-corrected chi connectivity index (χ1v) is 11.8. The smallest absolute Gasteiger partial charge is 0.307 e. The number of anilines is 1. The van der Waals surface area contributed by atoms with Gasteiger partial charge in [-0.15, -0.1) is 0 Å². The molecule has 4 rings (SSSR count). The Morgan fingerprint density at radius 3 is 2.14 bits per heavy atom. The van der Waals surface area contributed by atoms with E-state index in [2.05, 4.69) is 20.8 Å². The Labute approximate surface area is 210 Å². The van der Waals surface area contributed by atoms with Crippen LogP contribution in [-0.2, 0) is 26.2 Å². The summed E-state index contributed by atoms with van der Waals surface area (Å²) in [5, 5.41) is 20.6. The number of carboxylic acid groups (broad SMARTS) is 1. The molecular weight excluding hydrogens is 454 g/mol. The zero-order valence-corrected chi connectivity index (χ0v) is 20.8. The van der Waals surface area contributed by atoms with Gasteiger partial charge in [0.05, 0.1) is 18.0 Å². The zero-order chi connectivity index (χ0) is 26.2. The maximum absolute atomic E-state index is 13.4. The average molecular weight is 484 g/mol. The van der Waals surface area contributed by atoms with Crippen LogP contribution < -0.4 is 4.90 Å². The normalized spacial score (nSPS) is 17.4. The van der Waals surface area contributed by atoms with Gasteiger partial charge in [-0.3, -0.25) is 19.3 Å². The minimum absolute atomic E-state index is 0.0231. The molecule has 184 valence electrons. The van der Waals surface area contributed by atoms with Gasteiger partial charge in [-0.2, -0.15) is 0 Å². The Morgan fingerprint density at radius 2 is 1.56 bits per heavy atom. The minimum Gasteiger partial charge on any atom is -0.507 e. The highest BCUT2D eigenvalue weighted by Crippen LogP contribution is 2.43. The standard InChI is InChI=1S/C30H29NO5/c1-18-10-13-21(30(2,3)4)17-23(18)27(34)25-26(20-8-6-5-7-9-20)31(29(36)28(25)35)22-14-11-19(12-15-22)16-24(32)33/h5-15,17,26,34H,16H2,1-4H3,(H,32,33)/b27-25+. The van der Waals surface area contributed by atoms with Crippen LogP contribution in [0.3, 0.4) is 0 Å². The Bertz CT molecular complexity index is 1360. The summed E-state index contributed by atoms with van der Waals surface area (Å²) in [6.07, 6.45) is -0.148. The van der Waals surface area contributed by atoms with Gasteiger partial charge in [-0.25, -0.2) is 0 Å². The van der Waals surface area contributed by atoms with Crippen LogP contribution in [0.1, 0.15) is 54.6 Å². The van der Waals surface area contributed by atoms with Crippen molar-refractivity contribution in [1.82, 2.24) is 0 Å². The first kappa shape index (κ1) is 24.9. The number of benzene rings is 3. The summed E-state index contributed by atoms with van der Waals surface area (Å²) in [4.78, 5) is 39.2. The molecule has 0 spiro atoms. The van der Waals surface area contributed by atoms with Crippen LogP contribution in [0.15, 0.2) is 78.4 Å². The van der Waals surface area contributed by atoms with E-state index in [-0.39, 0.29) is 23.2 Å². The summed E-state index contributed by atoms with van der Waals surface area (Å²) in [5.41, 5.74) is 3.84. The number of ketones is 1. The van der Waals surface area contributed by atoms with Crippen molar-refractivity contribution in [2.45, 2.75) is 45.6 Å². The summed E-state index contributed by atoms with van der Waals surface area (Å²) in [7, 11) is 0. The molecule has 3 aromatic carbocycles. The fraction of sp³-hybridized carbons (Fsp3) is 0.233. The van der Waals surface area contributed by atoms with Gasteiger partial charge in [0.15, 0.2) is 0 Å². The van der Waals surface area contributed by atoms with Crippen molar-refractivity contribution < 1.29 is 24.6 Å². The number of aliphatic carboxylic acids is 1. The number of aliphatic hydroxyl groups excluding tert-OH is 1. The third-order valence-corrected chi connectivity index (χ3v) is 6.49. The van der Waals surface area contributed by atoms with Gasteiger partial charge in [-0.1, -0.05) is 75.4 Å². The van der Waals surface area contributed by atoms with Gasteiger partial charge in [0, 0.05) is 11.3 Å². The third kappa shape index (κ3) is 4.67. The van der Waals surface area contributed by atoms with Gasteiger partial charge < -0.3 is 10.2 Å². The van der Waals surface area contributed by atoms with Crippen LogP contribution in [0.4, 0.5) is 5.69 Å². The van der Waals surface area contributed by atoms with Crippen molar-refractivity contribution in [1.29, 1.82) is 0 Å². The maximum atomic E-state index is 13.4. The number of Topliss-reactive ketones (excluding diaryl/α,β-unsaturated/α-hetero) is 1. The SMILES string of the molecule is Cc1ccc(C(C)(C)C)cc1/C(O)=C1\C(=O)C(=O)N(c2ccc(CC(=O)O)cc2)C1c1ccccc1. The van der Waals surface area contributed by atoms with Crippen molar-refractivity contribution in [3.05, 3.63) is 106 Å². The third-order valence-electron chi connectivity index (χ3n) is 6.49. The molecule has 3 aromatic rings. The monoisotopic (exact) mass is 483 g/mol. The molecule has 0 bridgehead atoms. The van der Waals surface area contributed by atoms with Crippen LogP contribution >= 0.6 is 0 Å². The summed E-state index contributed by atoms with van der Waals surface area (Å²) < 4.78 is 0. The second-order valence-electron chi connectivity index (χ2n) is 10.1. The maximum Gasteiger partial charge on any atom is 0.307 e. The molecule has 1 heterocycles. The number of carbonyl (C=O) groups excluding carboxylic acids is 2. The lowest BCUT2D eigenvalue weighted by atomic mass is 9.84. The van der Waals surface area contributed by atoms with Crippen molar-refractivity contribution in [3.8, 4) is 0 Å². The molecule has 1 aliphatic rings. The summed E-state index contributed by atoms with van der Waals surface area (Å²) in [6, 6.07) is 20.6. The fourth-order valence-corrected chi connectivity index (χ4v) is 4.49. The Kier molecular flexibility index (Phi) is 6.55. The van der Waals surface area contributed by atoms with Crippen LogP contribution in [-0.4, -0.2) is 27.9 Å². The lowest BCUT2D eigenvalue weighted by molar-refractivity contribution is -0.136. The highest BCUT2D eigenvalue weighted by Gasteiger charge is 2.47. The average Bonchev–Trinajstić information content (AvgIpc) is 3.09. The number of carbonyl (C=O) groups is 3. The largest absolute Gasteiger partial charge is 0.507 e. The van der Waals surface area contributed by atoms with E-state index >= 15 is 0 Å². The molecule has 1 amide bonds. The van der Waals surface area contributed by atoms with Crippen LogP contribution in [0.5, 0.6) is 0 Å². The molecule has 1 atom stereocenters. The summed E-state index contributed by atoms with van der Waals surface area (Å²) in [6.45, 7) is 8.06. The van der Waals surface area contributed by atoms with Crippen LogP contribution in [0, 0.1) is 6.92 Å². The molecule has 1 fully saturated rings. The number of aliphatic hydroxyl groups is 1. The van der Waals surface area contributed by atoms with E-state index in [1.54, 1.807) is 24.3 Å². The van der Waals surface area contributed by atoms with E-state index < -0.39 is 23.7 Å². The van der Waals surface area contributed by atoms with Gasteiger partial charge in [-0.05, 0) is 52.8 Å². The quantitative estimate of drug-likeness (QED) is 0.282. The Balaban J connectivity index is 1.90. The zero-order valence-electron chi connectivity index (χ0n) is 20.8. The molecule has 6 heteroatoms. The molecule has 1 saturated heterocycles. The predicted molar refractivity (Wildman–Crippen MR) is 139 cm³/mol. The second-order valence-corrected chi connectivity index (χ2v) is 10.1. The van der Waals surface area contributed by atoms with E-state index in [1.165, 1.54) is 4.90 Å². The lowest BCUT2D eigenvalue weighted by Crippen LogP contribution is -2.29. The molecular formula is C30H29NO5. The molecule has 0 saturated carbocycles. The number of aryl methyl sites for hydroxylation is 1. The van der Waals surface area contributed by atoms with Gasteiger partial charge in [0.1, 0.15) is 5.76 Å². The Morgan fingerprint density at radius 1 is 0.917 bits per heavy atom. The molecule has 0 aromatic heterocycles. The van der Waals surface area contributed by atoms with E-state index in [1.807, 2.05) is 55.5 Å². The van der Waals surface area contributed by atoms with Gasteiger partial charge >= 0.3 is 5.97 Å². The van der Waals surface area contributed by atoms with Crippen molar-refractivity contribution in [2.24, 2.45) is 0 Å². The number of nitrogens with zero attached hydrogens (tertiary/aromatic N) is 1. The molecule has 0 aliphatic carbocycles. The molecule has 1 aliphatic heterocycles. The number of carboxylic acids is 1. The van der Waals surface area contributed by atoms with Crippen LogP contribution in [0.2, 0.25) is 0 Å². The van der Waals surface area contributed by atoms with Crippen molar-refractivity contribution in [2.75, 3.05) is 4.90 Å². The fourth-order valence-electron chi connectivity index (χ4n) is 4.49. The number of hydrogen-bond donors (Lipinski definition) is 2. The first-order valence-electron chi connectivity index (χ1n) is 11.8. The van der Waals surface area contributed by atoms with Crippen LogP contribution in [0.25, 0.3) is 5.76 Å². The molecule has 2 N–H and O–H groups in total. The molecule has 1 unspecified atom stereocenters. The predicted octanol–water partition coefficient (Wildman–Crippen LogP) is 5.55. The number of rotatable bonds is 5. The minimum atomic E-state index is -0.958. The number of hydrogen-bond acceptors (Lipinski definition) is 4. The van der Waals surface area contributed by atoms with Gasteiger partial charge in [0.25, 0.3) is 11.7 Å². The number of amides is 1. The van der Waals surface area contributed by atoms with E-state index in [4.69, 9.17) is 5.11 Å². The summed E-state index contributed by atoms with van der Waals surface area (Å²) >= 11 is 0. The summed E-state index contributed by atoms with van der Waals surface area (Å²) in [5.74, 6) is -2.69. The first-order chi connectivity index (χ1) is 17.0. The Hall–Kier alpha value is -4.19. The molecule has 36 heavy (non-hydrogen) atoms.